The Morgan fingerprint density at radius 3 is 1.65 bits per heavy atom. The minimum atomic E-state index is -8.03. The number of hydrogen-bond acceptors (Lipinski definition) is 4. The van der Waals surface area contributed by atoms with Gasteiger partial charge in [-0.2, -0.15) is 61.5 Å². The molecule has 1 aromatic carbocycles. The summed E-state index contributed by atoms with van der Waals surface area (Å²) in [5.74, 6) is -43.5. The lowest BCUT2D eigenvalue weighted by Gasteiger charge is -2.54. The highest BCUT2D eigenvalue weighted by Crippen LogP contribution is 2.70. The predicted octanol–water partition coefficient (Wildman–Crippen LogP) is 6.40. The average Bonchev–Trinajstić information content (AvgIpc) is 2.71. The van der Waals surface area contributed by atoms with Gasteiger partial charge in [-0.15, -0.1) is 0 Å². The first-order valence-corrected chi connectivity index (χ1v) is 9.26. The van der Waals surface area contributed by atoms with Crippen LogP contribution < -0.4 is 5.32 Å². The smallest absolute Gasteiger partial charge is 0.322 e. The molecule has 0 bridgehead atoms. The van der Waals surface area contributed by atoms with Crippen molar-refractivity contribution in [2.24, 2.45) is 0 Å². The number of amides is 1. The molecule has 0 radical (unpaired) electrons. The molecule has 0 unspecified atom stereocenters. The number of nitro benzene ring substituents is 1. The molecule has 6 nitrogen and oxygen atoms in total. The summed E-state index contributed by atoms with van der Waals surface area (Å²) in [6.07, 6.45) is -15.0. The summed E-state index contributed by atoms with van der Waals surface area (Å²) in [6, 6.07) is 0.997. The van der Waals surface area contributed by atoms with Crippen molar-refractivity contribution in [2.75, 3.05) is 5.32 Å². The van der Waals surface area contributed by atoms with Gasteiger partial charge in [-0.3, -0.25) is 19.6 Å². The quantitative estimate of drug-likeness (QED) is 0.230. The summed E-state index contributed by atoms with van der Waals surface area (Å²) in [7, 11) is 0. The number of anilines is 1. The number of nitrogens with zero attached hydrogens (tertiary/aromatic N) is 1. The number of hydrogen-bond donors (Lipinski definition) is 1. The van der Waals surface area contributed by atoms with Crippen molar-refractivity contribution in [1.29, 1.82) is 0 Å². The number of rotatable bonds is 5. The Balaban J connectivity index is 2.74. The number of non-ortho nitro benzene ring substituents is 1. The number of benzene rings is 1. The van der Waals surface area contributed by atoms with Crippen molar-refractivity contribution in [3.63, 3.8) is 0 Å². The van der Waals surface area contributed by atoms with Gasteiger partial charge in [0.05, 0.1) is 10.6 Å². The van der Waals surface area contributed by atoms with Crippen LogP contribution in [0.2, 0.25) is 0 Å². The summed E-state index contributed by atoms with van der Waals surface area (Å²) in [6.45, 7) is 0. The summed E-state index contributed by atoms with van der Waals surface area (Å²) < 4.78 is 206. The van der Waals surface area contributed by atoms with E-state index in [4.69, 9.17) is 0 Å². The van der Waals surface area contributed by atoms with Crippen LogP contribution in [-0.4, -0.2) is 58.3 Å². The lowest BCUT2D eigenvalue weighted by molar-refractivity contribution is -0.545. The molecule has 1 aromatic rings. The molecule has 1 N–H and O–H groups in total. The van der Waals surface area contributed by atoms with Crippen LogP contribution in [-0.2, 0) is 9.53 Å². The van der Waals surface area contributed by atoms with Crippen LogP contribution in [0.1, 0.15) is 0 Å². The topological polar surface area (TPSA) is 81.5 Å². The highest BCUT2D eigenvalue weighted by molar-refractivity contribution is 9.10. The maximum absolute atomic E-state index is 14.9. The number of ether oxygens (including phenoxy) is 1. The molecule has 0 atom stereocenters. The van der Waals surface area contributed by atoms with E-state index in [2.05, 4.69) is 15.9 Å². The summed E-state index contributed by atoms with van der Waals surface area (Å²) in [5.41, 5.74) is -9.40. The Hall–Kier alpha value is -2.52. The zero-order valence-corrected chi connectivity index (χ0v) is 17.9. The number of carbonyl (C=O) groups is 1. The van der Waals surface area contributed by atoms with Crippen LogP contribution >= 0.6 is 15.9 Å². The van der Waals surface area contributed by atoms with E-state index in [-0.39, 0.29) is 6.07 Å². The summed E-state index contributed by atoms with van der Waals surface area (Å²) >= 11 is 2.37. The zero-order chi connectivity index (χ0) is 29.4. The third-order valence-corrected chi connectivity index (χ3v) is 5.44. The molecule has 2 rings (SSSR count). The molecule has 0 spiro atoms. The van der Waals surface area contributed by atoms with Gasteiger partial charge < -0.3 is 5.32 Å². The minimum Gasteiger partial charge on any atom is -0.322 e. The molecule has 22 heteroatoms. The Morgan fingerprint density at radius 2 is 1.30 bits per heavy atom. The number of halogens is 16. The molecule has 1 amide bonds. The Bertz CT molecular complexity index is 1100. The van der Waals surface area contributed by atoms with Crippen LogP contribution in [0.5, 0.6) is 0 Å². The van der Waals surface area contributed by atoms with Crippen molar-refractivity contribution in [1.82, 2.24) is 0 Å². The first-order chi connectivity index (χ1) is 16.2. The van der Waals surface area contributed by atoms with Crippen molar-refractivity contribution >= 4 is 33.2 Å². The molecule has 0 saturated heterocycles. The molecule has 0 aliphatic heterocycles. The number of nitro groups is 1. The van der Waals surface area contributed by atoms with E-state index >= 15 is 0 Å². The van der Waals surface area contributed by atoms with Crippen molar-refractivity contribution in [3.8, 4) is 0 Å². The van der Waals surface area contributed by atoms with Gasteiger partial charge in [0.2, 0.25) is 0 Å². The van der Waals surface area contributed by atoms with Gasteiger partial charge in [0.1, 0.15) is 0 Å². The van der Waals surface area contributed by atoms with Gasteiger partial charge in [-0.1, -0.05) is 0 Å². The number of nitrogens with one attached hydrogen (secondary N) is 1. The van der Waals surface area contributed by atoms with Crippen LogP contribution in [0.4, 0.5) is 77.2 Å². The Kier molecular flexibility index (Phi) is 6.84. The maximum atomic E-state index is 14.9. The fourth-order valence-corrected chi connectivity index (χ4v) is 3.27. The predicted molar refractivity (Wildman–Crippen MR) is 89.0 cm³/mol. The van der Waals surface area contributed by atoms with Crippen molar-refractivity contribution < 1.29 is 80.3 Å². The van der Waals surface area contributed by atoms with E-state index in [9.17, 15) is 80.8 Å². The standard InChI is InChI=1S/C15H4BrF15N2O4/c16-5-3-4(33(35)36)1-2-6(5)32-7(34)8(17)9(18,19)11(22,23)13(26,12(24,25)10(8,20)21)37-15(30,31)14(27,28)29/h1-3H,(H,32,34). The normalized spacial score (nSPS) is 28.4. The van der Waals surface area contributed by atoms with Gasteiger partial charge in [-0.05, 0) is 22.0 Å². The van der Waals surface area contributed by atoms with Gasteiger partial charge in [0.15, 0.2) is 0 Å². The molecule has 0 heterocycles. The maximum Gasteiger partial charge on any atom is 0.483 e. The van der Waals surface area contributed by atoms with Crippen molar-refractivity contribution in [2.45, 2.75) is 47.5 Å². The van der Waals surface area contributed by atoms with Crippen LogP contribution in [0.3, 0.4) is 0 Å². The highest BCUT2D eigenvalue weighted by Gasteiger charge is 3.03. The summed E-state index contributed by atoms with van der Waals surface area (Å²) in [5, 5.41) is 11.3. The van der Waals surface area contributed by atoms with Crippen LogP contribution in [0.25, 0.3) is 0 Å². The number of carbonyl (C=O) groups excluding carboxylic acids is 1. The molecule has 1 aliphatic rings. The fraction of sp³-hybridized carbons (Fsp3) is 0.533. The van der Waals surface area contributed by atoms with Crippen LogP contribution in [0.15, 0.2) is 22.7 Å². The monoisotopic (exact) mass is 640 g/mol. The molecule has 0 aromatic heterocycles. The first-order valence-electron chi connectivity index (χ1n) is 8.46. The number of alkyl halides is 15. The van der Waals surface area contributed by atoms with Crippen molar-refractivity contribution in [3.05, 3.63) is 32.8 Å². The van der Waals surface area contributed by atoms with Gasteiger partial charge in [0, 0.05) is 16.6 Å². The third-order valence-electron chi connectivity index (χ3n) is 4.79. The lowest BCUT2D eigenvalue weighted by Crippen LogP contribution is -2.88. The second-order valence-electron chi connectivity index (χ2n) is 7.04. The Labute approximate surface area is 200 Å². The van der Waals surface area contributed by atoms with E-state index < -0.39 is 74.2 Å². The first kappa shape index (κ1) is 30.7. The molecule has 37 heavy (non-hydrogen) atoms. The third kappa shape index (κ3) is 3.80. The molecular formula is C15H4BrF15N2O4. The lowest BCUT2D eigenvalue weighted by atomic mass is 9.71. The zero-order valence-electron chi connectivity index (χ0n) is 16.4. The van der Waals surface area contributed by atoms with Crippen LogP contribution in [0, 0.1) is 10.1 Å². The fourth-order valence-electron chi connectivity index (χ4n) is 2.81. The largest absolute Gasteiger partial charge is 0.483 e. The van der Waals surface area contributed by atoms with E-state index in [1.54, 1.807) is 0 Å². The van der Waals surface area contributed by atoms with Gasteiger partial charge in [-0.25, -0.2) is 4.39 Å². The van der Waals surface area contributed by atoms with E-state index in [1.165, 1.54) is 4.74 Å². The molecule has 1 saturated carbocycles. The molecule has 1 fully saturated rings. The van der Waals surface area contributed by atoms with Gasteiger partial charge >= 0.3 is 47.5 Å². The second kappa shape index (κ2) is 8.24. The summed E-state index contributed by atoms with van der Waals surface area (Å²) in [4.78, 5) is 21.4. The Morgan fingerprint density at radius 1 is 0.865 bits per heavy atom. The van der Waals surface area contributed by atoms with Gasteiger partial charge in [0.25, 0.3) is 11.6 Å². The minimum absolute atomic E-state index is 0.255. The average molecular weight is 641 g/mol. The molecule has 210 valence electrons. The SMILES string of the molecule is O=C(Nc1ccc([N+](=O)[O-])cc1Br)C1(F)C(F)(F)C(F)(F)C(F)(OC(F)(F)C(F)(F)F)C(F)(F)C1(F)F. The molecule has 1 aliphatic carbocycles. The van der Waals surface area contributed by atoms with E-state index in [0.29, 0.717) is 17.4 Å². The van der Waals surface area contributed by atoms with E-state index in [0.717, 1.165) is 0 Å². The highest BCUT2D eigenvalue weighted by atomic mass is 79.9. The molecular weight excluding hydrogens is 637 g/mol. The second-order valence-corrected chi connectivity index (χ2v) is 7.90. The van der Waals surface area contributed by atoms with E-state index in [1.807, 2.05) is 0 Å².